The first-order chi connectivity index (χ1) is 9.73. The molecule has 0 bridgehead atoms. The molecular weight excluding hydrogens is 288 g/mol. The third kappa shape index (κ3) is 4.81. The summed E-state index contributed by atoms with van der Waals surface area (Å²) in [6.07, 6.45) is -0.497. The molecule has 0 radical (unpaired) electrons. The van der Waals surface area contributed by atoms with Crippen LogP contribution in [0.3, 0.4) is 0 Å². The molecule has 0 saturated heterocycles. The molecule has 0 fully saturated rings. The Bertz CT molecular complexity index is 497. The fraction of sp³-hybridized carbons (Fsp3) is 0.667. The molecule has 1 unspecified atom stereocenters. The maximum absolute atomic E-state index is 12.0. The van der Waals surface area contributed by atoms with Gasteiger partial charge < -0.3 is 9.64 Å². The number of ether oxygens (including phenoxy) is 1. The highest BCUT2D eigenvalue weighted by atomic mass is 32.1. The molecule has 1 amide bonds. The largest absolute Gasteiger partial charge is 0.443 e. The minimum absolute atomic E-state index is 0.0415. The lowest BCUT2D eigenvalue weighted by molar-refractivity contribution is -0.122. The number of rotatable bonds is 6. The molecule has 118 valence electrons. The van der Waals surface area contributed by atoms with E-state index in [1.165, 1.54) is 11.8 Å². The molecule has 0 aliphatic heterocycles. The van der Waals surface area contributed by atoms with Crippen molar-refractivity contribution >= 4 is 23.2 Å². The molecule has 1 heterocycles. The molecule has 6 heteroatoms. The molecule has 1 aromatic rings. The van der Waals surface area contributed by atoms with E-state index in [1.807, 2.05) is 19.2 Å². The number of carbonyl (C=O) groups is 2. The Hall–Kier alpha value is -1.43. The van der Waals surface area contributed by atoms with Crippen LogP contribution in [0.5, 0.6) is 0 Å². The fourth-order valence-corrected chi connectivity index (χ4v) is 3.01. The summed E-state index contributed by atoms with van der Waals surface area (Å²) >= 11 is 1.56. The van der Waals surface area contributed by atoms with Crippen molar-refractivity contribution in [1.29, 1.82) is 0 Å². The molecular formula is C15H24N2O3S. The summed E-state index contributed by atoms with van der Waals surface area (Å²) in [7, 11) is 1.59. The zero-order chi connectivity index (χ0) is 16.2. The average molecular weight is 312 g/mol. The lowest BCUT2D eigenvalue weighted by Gasteiger charge is -2.28. The highest BCUT2D eigenvalue weighted by molar-refractivity contribution is 7.09. The summed E-state index contributed by atoms with van der Waals surface area (Å²) in [6, 6.07) is -0.459. The third-order valence-corrected chi connectivity index (χ3v) is 4.35. The smallest absolute Gasteiger partial charge is 0.410 e. The molecule has 0 aromatic carbocycles. The number of Topliss-reactive ketones (excluding diaryl/α,β-unsaturated/α-hetero) is 1. The first-order valence-corrected chi connectivity index (χ1v) is 7.96. The van der Waals surface area contributed by atoms with E-state index in [9.17, 15) is 9.59 Å². The van der Waals surface area contributed by atoms with Crippen LogP contribution in [0.25, 0.3) is 0 Å². The predicted molar refractivity (Wildman–Crippen MR) is 83.5 cm³/mol. The van der Waals surface area contributed by atoms with Crippen LogP contribution in [0.4, 0.5) is 4.79 Å². The number of hydrogen-bond donors (Lipinski definition) is 0. The van der Waals surface area contributed by atoms with Crippen LogP contribution in [-0.4, -0.2) is 34.8 Å². The zero-order valence-electron chi connectivity index (χ0n) is 13.5. The molecule has 0 N–H and O–H groups in total. The van der Waals surface area contributed by atoms with E-state index in [2.05, 4.69) is 18.8 Å². The van der Waals surface area contributed by atoms with Gasteiger partial charge in [0.1, 0.15) is 6.61 Å². The van der Waals surface area contributed by atoms with Crippen molar-refractivity contribution in [3.63, 3.8) is 0 Å². The van der Waals surface area contributed by atoms with Crippen LogP contribution in [-0.2, 0) is 16.1 Å². The summed E-state index contributed by atoms with van der Waals surface area (Å²) in [6.45, 7) is 9.58. The van der Waals surface area contributed by atoms with E-state index < -0.39 is 12.1 Å². The van der Waals surface area contributed by atoms with Crippen LogP contribution < -0.4 is 0 Å². The second-order valence-corrected chi connectivity index (χ2v) is 6.69. The molecule has 0 spiro atoms. The van der Waals surface area contributed by atoms with Crippen LogP contribution in [0, 0.1) is 5.92 Å². The highest BCUT2D eigenvalue weighted by Gasteiger charge is 2.28. The van der Waals surface area contributed by atoms with E-state index in [0.29, 0.717) is 5.92 Å². The van der Waals surface area contributed by atoms with Crippen molar-refractivity contribution in [3.05, 3.63) is 16.1 Å². The lowest BCUT2D eigenvalue weighted by atomic mass is 10.00. The van der Waals surface area contributed by atoms with Crippen molar-refractivity contribution in [2.45, 2.75) is 53.2 Å². The number of likely N-dealkylation sites (N-methyl/N-ethyl adjacent to an activating group) is 1. The van der Waals surface area contributed by atoms with Crippen molar-refractivity contribution in [2.75, 3.05) is 7.05 Å². The van der Waals surface area contributed by atoms with Gasteiger partial charge in [0.25, 0.3) is 0 Å². The minimum Gasteiger partial charge on any atom is -0.443 e. The Morgan fingerprint density at radius 3 is 2.38 bits per heavy atom. The topological polar surface area (TPSA) is 59.5 Å². The predicted octanol–water partition coefficient (Wildman–Crippen LogP) is 3.45. The van der Waals surface area contributed by atoms with E-state index in [0.717, 1.165) is 10.7 Å². The van der Waals surface area contributed by atoms with E-state index in [1.54, 1.807) is 18.4 Å². The van der Waals surface area contributed by atoms with Gasteiger partial charge in [-0.15, -0.1) is 11.3 Å². The highest BCUT2D eigenvalue weighted by Crippen LogP contribution is 2.20. The van der Waals surface area contributed by atoms with Crippen LogP contribution in [0.1, 0.15) is 51.2 Å². The monoisotopic (exact) mass is 312 g/mol. The van der Waals surface area contributed by atoms with Crippen LogP contribution >= 0.6 is 11.3 Å². The molecule has 0 saturated carbocycles. The van der Waals surface area contributed by atoms with E-state index in [4.69, 9.17) is 4.74 Å². The second-order valence-electron chi connectivity index (χ2n) is 5.80. The van der Waals surface area contributed by atoms with Gasteiger partial charge in [0, 0.05) is 18.3 Å². The van der Waals surface area contributed by atoms with Crippen LogP contribution in [0.15, 0.2) is 5.38 Å². The van der Waals surface area contributed by atoms with Gasteiger partial charge in [-0.2, -0.15) is 0 Å². The quantitative estimate of drug-likeness (QED) is 0.807. The number of hydrogen-bond acceptors (Lipinski definition) is 5. The van der Waals surface area contributed by atoms with Gasteiger partial charge in [0.15, 0.2) is 5.78 Å². The number of ketones is 1. The number of aromatic nitrogens is 1. The Morgan fingerprint density at radius 2 is 1.95 bits per heavy atom. The fourth-order valence-electron chi connectivity index (χ4n) is 2.19. The molecule has 0 aliphatic rings. The van der Waals surface area contributed by atoms with Gasteiger partial charge in [-0.05, 0) is 12.8 Å². The first kappa shape index (κ1) is 17.6. The Balaban J connectivity index is 2.61. The molecule has 1 atom stereocenters. The lowest BCUT2D eigenvalue weighted by Crippen LogP contribution is -2.45. The molecule has 1 rings (SSSR count). The number of thiazole rings is 1. The molecule has 1 aromatic heterocycles. The molecule has 5 nitrogen and oxygen atoms in total. The third-order valence-electron chi connectivity index (χ3n) is 3.16. The summed E-state index contributed by atoms with van der Waals surface area (Å²) in [5, 5.41) is 2.92. The van der Waals surface area contributed by atoms with Crippen molar-refractivity contribution < 1.29 is 14.3 Å². The normalized spacial score (nSPS) is 12.6. The molecule has 0 aliphatic carbocycles. The minimum atomic E-state index is -0.497. The Labute approximate surface area is 130 Å². The standard InChI is InChI=1S/C15H24N2O3S/c1-9(2)13(11(5)18)17(6)15(19)20-7-12-8-21-14(16-12)10(3)4/h8-10,13H,7H2,1-6H3. The zero-order valence-corrected chi connectivity index (χ0v) is 14.4. The van der Waals surface area contributed by atoms with Gasteiger partial charge >= 0.3 is 6.09 Å². The average Bonchev–Trinajstić information content (AvgIpc) is 2.83. The summed E-state index contributed by atoms with van der Waals surface area (Å²) in [4.78, 5) is 29.4. The maximum Gasteiger partial charge on any atom is 0.410 e. The first-order valence-electron chi connectivity index (χ1n) is 7.08. The van der Waals surface area contributed by atoms with Gasteiger partial charge in [-0.25, -0.2) is 9.78 Å². The number of nitrogens with zero attached hydrogens (tertiary/aromatic N) is 2. The number of amides is 1. The SMILES string of the molecule is CC(=O)C(C(C)C)N(C)C(=O)OCc1csc(C(C)C)n1. The Morgan fingerprint density at radius 1 is 1.33 bits per heavy atom. The van der Waals surface area contributed by atoms with E-state index in [-0.39, 0.29) is 18.3 Å². The summed E-state index contributed by atoms with van der Waals surface area (Å²) in [5.74, 6) is 0.372. The Kier molecular flexibility index (Phi) is 6.33. The van der Waals surface area contributed by atoms with Gasteiger partial charge in [0.05, 0.1) is 16.7 Å². The van der Waals surface area contributed by atoms with E-state index >= 15 is 0 Å². The number of carbonyl (C=O) groups excluding carboxylic acids is 2. The maximum atomic E-state index is 12.0. The summed E-state index contributed by atoms with van der Waals surface area (Å²) in [5.41, 5.74) is 0.745. The van der Waals surface area contributed by atoms with Crippen molar-refractivity contribution in [2.24, 2.45) is 5.92 Å². The summed E-state index contributed by atoms with van der Waals surface area (Å²) < 4.78 is 5.24. The van der Waals surface area contributed by atoms with Gasteiger partial charge in [-0.1, -0.05) is 27.7 Å². The van der Waals surface area contributed by atoms with Crippen molar-refractivity contribution in [3.8, 4) is 0 Å². The second kappa shape index (κ2) is 7.54. The molecule has 21 heavy (non-hydrogen) atoms. The van der Waals surface area contributed by atoms with Gasteiger partial charge in [0.2, 0.25) is 0 Å². The van der Waals surface area contributed by atoms with Crippen molar-refractivity contribution in [1.82, 2.24) is 9.88 Å². The van der Waals surface area contributed by atoms with Crippen LogP contribution in [0.2, 0.25) is 0 Å². The van der Waals surface area contributed by atoms with Gasteiger partial charge in [-0.3, -0.25) is 4.79 Å².